The minimum Gasteiger partial charge on any atom is -0.376 e. The molecule has 8 heteroatoms. The number of nitrogens with two attached hydrogens (primary N) is 1. The van der Waals surface area contributed by atoms with Crippen LogP contribution >= 0.6 is 0 Å². The summed E-state index contributed by atoms with van der Waals surface area (Å²) in [5, 5.41) is 13.4. The van der Waals surface area contributed by atoms with Crippen LogP contribution in [0.25, 0.3) is 0 Å². The van der Waals surface area contributed by atoms with E-state index < -0.39 is 10.8 Å². The predicted octanol–water partition coefficient (Wildman–Crippen LogP) is 0.157. The Hall–Kier alpha value is -1.93. The molecule has 4 atom stereocenters. The number of hydrogen-bond donors (Lipinski definition) is 3. The van der Waals surface area contributed by atoms with E-state index in [9.17, 15) is 14.9 Å². The Bertz CT molecular complexity index is 543. The highest BCUT2D eigenvalue weighted by molar-refractivity contribution is 5.93. The molecule has 0 spiro atoms. The number of amides is 1. The second kappa shape index (κ2) is 4.88. The third kappa shape index (κ3) is 2.06. The minimum atomic E-state index is -0.553. The Kier molecular flexibility index (Phi) is 3.19. The maximum absolute atomic E-state index is 12.0. The molecule has 2 fully saturated rings. The number of nitrogens with zero attached hydrogens (tertiary/aromatic N) is 1. The number of H-pyrrole nitrogens is 1. The monoisotopic (exact) mass is 280 g/mol. The maximum atomic E-state index is 12.0. The van der Waals surface area contributed by atoms with Gasteiger partial charge < -0.3 is 20.8 Å². The molecular formula is C12H16N4O4. The minimum absolute atomic E-state index is 0.0346. The zero-order valence-electron chi connectivity index (χ0n) is 10.7. The van der Waals surface area contributed by atoms with Crippen LogP contribution in [-0.4, -0.2) is 40.6 Å². The zero-order chi connectivity index (χ0) is 14.3. The summed E-state index contributed by atoms with van der Waals surface area (Å²) in [5.74, 6) is -0.0989. The van der Waals surface area contributed by atoms with E-state index in [1.807, 2.05) is 0 Å². The van der Waals surface area contributed by atoms with Gasteiger partial charge in [0.1, 0.15) is 5.69 Å². The van der Waals surface area contributed by atoms with Crippen LogP contribution in [-0.2, 0) is 4.74 Å². The number of ether oxygens (including phenoxy) is 1. The number of fused-ring (bicyclic) bond motifs is 1. The molecule has 1 aromatic rings. The highest BCUT2D eigenvalue weighted by atomic mass is 16.6. The van der Waals surface area contributed by atoms with Crippen molar-refractivity contribution in [1.29, 1.82) is 0 Å². The first kappa shape index (κ1) is 13.1. The van der Waals surface area contributed by atoms with E-state index in [0.717, 1.165) is 12.8 Å². The van der Waals surface area contributed by atoms with E-state index in [-0.39, 0.29) is 29.6 Å². The second-order valence-corrected chi connectivity index (χ2v) is 5.25. The van der Waals surface area contributed by atoms with Gasteiger partial charge in [-0.05, 0) is 12.8 Å². The summed E-state index contributed by atoms with van der Waals surface area (Å²) in [6.07, 6.45) is 3.17. The van der Waals surface area contributed by atoms with Crippen molar-refractivity contribution in [3.8, 4) is 0 Å². The van der Waals surface area contributed by atoms with Gasteiger partial charge in [0.15, 0.2) is 0 Å². The molecule has 8 nitrogen and oxygen atoms in total. The summed E-state index contributed by atoms with van der Waals surface area (Å²) >= 11 is 0. The summed E-state index contributed by atoms with van der Waals surface area (Å²) < 4.78 is 5.63. The smallest absolute Gasteiger partial charge is 0.287 e. The van der Waals surface area contributed by atoms with Crippen LogP contribution in [0.4, 0.5) is 5.69 Å². The largest absolute Gasteiger partial charge is 0.376 e. The molecule has 1 aliphatic carbocycles. The maximum Gasteiger partial charge on any atom is 0.287 e. The fourth-order valence-electron chi connectivity index (χ4n) is 2.97. The van der Waals surface area contributed by atoms with Crippen LogP contribution in [0.2, 0.25) is 0 Å². The Morgan fingerprint density at radius 2 is 2.40 bits per heavy atom. The van der Waals surface area contributed by atoms with E-state index >= 15 is 0 Å². The number of carbonyl (C=O) groups excluding carboxylic acids is 1. The van der Waals surface area contributed by atoms with Gasteiger partial charge in [0.25, 0.3) is 11.6 Å². The van der Waals surface area contributed by atoms with Crippen LogP contribution < -0.4 is 11.1 Å². The van der Waals surface area contributed by atoms with E-state index in [0.29, 0.717) is 12.5 Å². The van der Waals surface area contributed by atoms with Crippen molar-refractivity contribution < 1.29 is 14.5 Å². The fourth-order valence-corrected chi connectivity index (χ4v) is 2.97. The Morgan fingerprint density at radius 1 is 1.60 bits per heavy atom. The average molecular weight is 280 g/mol. The van der Waals surface area contributed by atoms with Crippen LogP contribution in [0.3, 0.4) is 0 Å². The number of aromatic nitrogens is 1. The van der Waals surface area contributed by atoms with Gasteiger partial charge >= 0.3 is 0 Å². The number of hydrogen-bond acceptors (Lipinski definition) is 5. The summed E-state index contributed by atoms with van der Waals surface area (Å²) in [4.78, 5) is 24.6. The standard InChI is InChI=1S/C12H16N4O4/c13-9-7-2-1-3-20-11(7)10(9)15-12(17)8-4-6(5-14-8)16(18)19/h4-5,7,9-11,14H,1-3,13H2,(H,15,17). The van der Waals surface area contributed by atoms with E-state index in [2.05, 4.69) is 10.3 Å². The summed E-state index contributed by atoms with van der Waals surface area (Å²) in [6, 6.07) is 0.864. The van der Waals surface area contributed by atoms with Crippen molar-refractivity contribution in [2.24, 2.45) is 11.7 Å². The number of rotatable bonds is 3. The molecule has 1 aliphatic heterocycles. The van der Waals surface area contributed by atoms with Gasteiger partial charge in [0, 0.05) is 24.6 Å². The number of aromatic amines is 1. The van der Waals surface area contributed by atoms with Crippen molar-refractivity contribution in [3.05, 3.63) is 28.1 Å². The van der Waals surface area contributed by atoms with Gasteiger partial charge in [0.2, 0.25) is 0 Å². The van der Waals surface area contributed by atoms with Gasteiger partial charge in [-0.3, -0.25) is 14.9 Å². The number of nitrogens with one attached hydrogen (secondary N) is 2. The SMILES string of the molecule is NC1C2CCCOC2C1NC(=O)c1cc([N+](=O)[O-])c[nH]1. The first-order valence-electron chi connectivity index (χ1n) is 6.59. The third-order valence-electron chi connectivity index (χ3n) is 4.10. The fraction of sp³-hybridized carbons (Fsp3) is 0.583. The summed E-state index contributed by atoms with van der Waals surface area (Å²) in [7, 11) is 0. The van der Waals surface area contributed by atoms with Crippen LogP contribution in [0.15, 0.2) is 12.3 Å². The molecule has 1 saturated carbocycles. The van der Waals surface area contributed by atoms with Crippen molar-refractivity contribution in [1.82, 2.24) is 10.3 Å². The van der Waals surface area contributed by atoms with Crippen LogP contribution in [0.5, 0.6) is 0 Å². The molecule has 0 aromatic carbocycles. The lowest BCUT2D eigenvalue weighted by Crippen LogP contribution is -2.72. The molecule has 3 rings (SSSR count). The van der Waals surface area contributed by atoms with Crippen LogP contribution in [0, 0.1) is 16.0 Å². The van der Waals surface area contributed by atoms with Crippen LogP contribution in [0.1, 0.15) is 23.3 Å². The molecule has 0 bridgehead atoms. The highest BCUT2D eigenvalue weighted by Gasteiger charge is 2.51. The van der Waals surface area contributed by atoms with E-state index in [4.69, 9.17) is 10.5 Å². The molecule has 20 heavy (non-hydrogen) atoms. The van der Waals surface area contributed by atoms with Crippen molar-refractivity contribution >= 4 is 11.6 Å². The topological polar surface area (TPSA) is 123 Å². The molecule has 0 radical (unpaired) electrons. The molecule has 4 unspecified atom stereocenters. The van der Waals surface area contributed by atoms with E-state index in [1.165, 1.54) is 12.3 Å². The van der Waals surface area contributed by atoms with Gasteiger partial charge in [-0.2, -0.15) is 0 Å². The Balaban J connectivity index is 1.65. The van der Waals surface area contributed by atoms with Gasteiger partial charge in [-0.15, -0.1) is 0 Å². The first-order valence-corrected chi connectivity index (χ1v) is 6.59. The molecule has 108 valence electrons. The molecule has 1 aromatic heterocycles. The molecule has 2 heterocycles. The third-order valence-corrected chi connectivity index (χ3v) is 4.10. The lowest BCUT2D eigenvalue weighted by Gasteiger charge is -2.52. The Morgan fingerprint density at radius 3 is 3.10 bits per heavy atom. The molecule has 1 amide bonds. The normalized spacial score (nSPS) is 32.0. The van der Waals surface area contributed by atoms with Crippen molar-refractivity contribution in [2.75, 3.05) is 6.61 Å². The number of carbonyl (C=O) groups is 1. The Labute approximate surface area is 114 Å². The highest BCUT2D eigenvalue weighted by Crippen LogP contribution is 2.37. The molecule has 1 saturated heterocycles. The van der Waals surface area contributed by atoms with E-state index in [1.54, 1.807) is 0 Å². The first-order chi connectivity index (χ1) is 9.58. The van der Waals surface area contributed by atoms with Gasteiger partial charge in [-0.25, -0.2) is 0 Å². The predicted molar refractivity (Wildman–Crippen MR) is 69.1 cm³/mol. The quantitative estimate of drug-likeness (QED) is 0.537. The molecule has 4 N–H and O–H groups in total. The summed E-state index contributed by atoms with van der Waals surface area (Å²) in [5.41, 5.74) is 6.06. The van der Waals surface area contributed by atoms with Crippen molar-refractivity contribution in [3.63, 3.8) is 0 Å². The summed E-state index contributed by atoms with van der Waals surface area (Å²) in [6.45, 7) is 0.689. The average Bonchev–Trinajstić information content (AvgIpc) is 2.94. The second-order valence-electron chi connectivity index (χ2n) is 5.25. The van der Waals surface area contributed by atoms with Gasteiger partial charge in [0.05, 0.1) is 23.3 Å². The number of nitro groups is 1. The zero-order valence-corrected chi connectivity index (χ0v) is 10.7. The molecule has 2 aliphatic rings. The lowest BCUT2D eigenvalue weighted by atomic mass is 9.68. The van der Waals surface area contributed by atoms with Crippen molar-refractivity contribution in [2.45, 2.75) is 31.0 Å². The lowest BCUT2D eigenvalue weighted by molar-refractivity contribution is -0.384. The van der Waals surface area contributed by atoms with Gasteiger partial charge in [-0.1, -0.05) is 0 Å². The molecular weight excluding hydrogens is 264 g/mol.